The van der Waals surface area contributed by atoms with Gasteiger partial charge >= 0.3 is 23.9 Å². The molecule has 9 rings (SSSR count). The van der Waals surface area contributed by atoms with E-state index in [-0.39, 0.29) is 22.8 Å². The summed E-state index contributed by atoms with van der Waals surface area (Å²) in [5.41, 5.74) is -1.51. The molecule has 3 aliphatic rings. The number of anilines is 1. The molecule has 0 spiro atoms. The molecule has 0 bridgehead atoms. The highest BCUT2D eigenvalue weighted by molar-refractivity contribution is 6.03. The Morgan fingerprint density at radius 2 is 1.16 bits per heavy atom. The van der Waals surface area contributed by atoms with Gasteiger partial charge in [0.05, 0.1) is 22.3 Å². The van der Waals surface area contributed by atoms with Crippen LogP contribution in [0.1, 0.15) is 65.9 Å². The number of halogens is 1. The number of carbonyl (C=O) groups excluding carboxylic acids is 6. The summed E-state index contributed by atoms with van der Waals surface area (Å²) in [4.78, 5) is 111. The van der Waals surface area contributed by atoms with E-state index in [1.165, 1.54) is 35.2 Å². The van der Waals surface area contributed by atoms with Crippen LogP contribution >= 0.6 is 0 Å². The van der Waals surface area contributed by atoms with E-state index >= 15 is 4.39 Å². The van der Waals surface area contributed by atoms with E-state index in [1.54, 1.807) is 29.0 Å². The number of aliphatic hydroxyl groups excluding tert-OH is 1. The number of esters is 3. The van der Waals surface area contributed by atoms with Crippen molar-refractivity contribution in [3.05, 3.63) is 135 Å². The van der Waals surface area contributed by atoms with Crippen molar-refractivity contribution in [2.75, 3.05) is 58.0 Å². The van der Waals surface area contributed by atoms with Crippen molar-refractivity contribution in [2.45, 2.75) is 43.6 Å². The van der Waals surface area contributed by atoms with Crippen LogP contribution in [0.3, 0.4) is 0 Å². The molecular weight excluding hydrogens is 1070 g/mol. The standard InChI is InChI=1S/C53H48FN7O18.CH4O/c54-32-18-30-37(61(27-9-10-27)22-31(43(30)65)50(72)73)19-38(32)59-16-14-58(15-17-59)20-26-4-3-13-60(21-26)36-11-12-41(64)46(68)42(36)49(71)57-35-25-79-52(75)33(55-47(69)28-5-1-7-39(62)44(28)66)23-77-51(74)34(24-78-53(35)76)56-48(70)29-6-2-8-40(63)45(29)67;1-2/h1-8,11-13,18-19,21-22,27,33-35H,9-10,14-17,20,23-25H2,(H9-,55,56,57,62,63,64,66,67,68,69,70,71,72,73);2H,1H3/p+1. The highest BCUT2D eigenvalue weighted by atomic mass is 19.1. The van der Waals surface area contributed by atoms with Gasteiger partial charge in [-0.15, -0.1) is 0 Å². The molecule has 2 saturated heterocycles. The van der Waals surface area contributed by atoms with Crippen molar-refractivity contribution in [3.63, 3.8) is 0 Å². The molecule has 1 saturated carbocycles. The van der Waals surface area contributed by atoms with Crippen LogP contribution in [0, 0.1) is 5.82 Å². The number of aromatic nitrogens is 2. The number of benzene rings is 4. The minimum atomic E-state index is -1.99. The summed E-state index contributed by atoms with van der Waals surface area (Å²) in [6, 6.07) is 9.32. The number of ether oxygens (including phenoxy) is 3. The maximum absolute atomic E-state index is 15.7. The predicted molar refractivity (Wildman–Crippen MR) is 277 cm³/mol. The topological polar surface area (TPSA) is 377 Å². The number of aliphatic hydroxyl groups is 1. The average molecular weight is 1120 g/mol. The Labute approximate surface area is 457 Å². The highest BCUT2D eigenvalue weighted by Gasteiger charge is 2.37. The molecule has 1 aliphatic carbocycles. The minimum Gasteiger partial charge on any atom is -0.504 e. The van der Waals surface area contributed by atoms with E-state index in [1.807, 2.05) is 4.90 Å². The molecule has 3 fully saturated rings. The largest absolute Gasteiger partial charge is 0.504 e. The van der Waals surface area contributed by atoms with E-state index in [2.05, 4.69) is 20.9 Å². The fourth-order valence-electron chi connectivity index (χ4n) is 9.02. The first-order valence-electron chi connectivity index (χ1n) is 24.8. The molecule has 6 aromatic rings. The molecule has 2 aliphatic heterocycles. The number of rotatable bonds is 12. The molecule has 4 heterocycles. The number of phenolic OH excluding ortho intramolecular Hbond substituents is 6. The molecule has 26 nitrogen and oxygen atoms in total. The number of aromatic hydroxyl groups is 6. The molecule has 27 heteroatoms. The third kappa shape index (κ3) is 12.5. The molecule has 424 valence electrons. The highest BCUT2D eigenvalue weighted by Crippen LogP contribution is 2.39. The lowest BCUT2D eigenvalue weighted by molar-refractivity contribution is -0.596. The number of hydrogen-bond donors (Lipinski definition) is 11. The maximum Gasteiger partial charge on any atom is 0.341 e. The number of para-hydroxylation sites is 2. The van der Waals surface area contributed by atoms with E-state index < -0.39 is 148 Å². The SMILES string of the molecule is CO.O=C(NC1COC(=O)C(NC(=O)c2cccc(O)c2O)COC(=O)C(NC(=O)c2c(-[n+]3cccc(CN4CCN(c5cc6c(cc5F)c(=O)c(C(=O)O)cn6C5CC5)CC4)c3)ccc(O)c2O)COC1=O)c1cccc(O)c1O. The summed E-state index contributed by atoms with van der Waals surface area (Å²) in [6.45, 7) is -1.14. The third-order valence-corrected chi connectivity index (χ3v) is 13.4. The number of fused-ring (bicyclic) bond motifs is 1. The fourth-order valence-corrected chi connectivity index (χ4v) is 9.02. The first-order valence-corrected chi connectivity index (χ1v) is 24.8. The normalized spacial score (nSPS) is 17.9. The minimum absolute atomic E-state index is 0.00862. The van der Waals surface area contributed by atoms with Gasteiger partial charge in [-0.1, -0.05) is 12.1 Å². The summed E-state index contributed by atoms with van der Waals surface area (Å²) in [5, 5.41) is 85.8. The monoisotopic (exact) mass is 1120 g/mol. The number of carboxylic acids is 1. The fraction of sp³-hybridized carbons (Fsp3) is 0.278. The molecule has 3 atom stereocenters. The second-order valence-electron chi connectivity index (χ2n) is 18.7. The molecule has 0 radical (unpaired) electrons. The lowest BCUT2D eigenvalue weighted by atomic mass is 10.1. The molecular formula is C54H53FN7O19+. The second-order valence-corrected chi connectivity index (χ2v) is 18.7. The number of piperazine rings is 1. The van der Waals surface area contributed by atoms with Crippen molar-refractivity contribution >= 4 is 58.2 Å². The van der Waals surface area contributed by atoms with Crippen LogP contribution in [0.15, 0.2) is 96.2 Å². The van der Waals surface area contributed by atoms with Crippen LogP contribution in [0.4, 0.5) is 10.1 Å². The maximum atomic E-state index is 15.7. The lowest BCUT2D eigenvalue weighted by Crippen LogP contribution is -2.53. The lowest BCUT2D eigenvalue weighted by Gasteiger charge is -2.36. The molecule has 4 aromatic carbocycles. The summed E-state index contributed by atoms with van der Waals surface area (Å²) in [6.07, 6.45) is 6.04. The predicted octanol–water partition coefficient (Wildman–Crippen LogP) is 0.954. The van der Waals surface area contributed by atoms with Crippen molar-refractivity contribution < 1.29 is 97.6 Å². The van der Waals surface area contributed by atoms with Gasteiger partial charge in [0, 0.05) is 75.2 Å². The summed E-state index contributed by atoms with van der Waals surface area (Å²) < 4.78 is 34.8. The van der Waals surface area contributed by atoms with Crippen LogP contribution in [0.5, 0.6) is 34.5 Å². The van der Waals surface area contributed by atoms with E-state index in [9.17, 15) is 74.1 Å². The number of carbonyl (C=O) groups is 7. The van der Waals surface area contributed by atoms with Crippen LogP contribution in [-0.4, -0.2) is 163 Å². The zero-order valence-electron chi connectivity index (χ0n) is 42.8. The van der Waals surface area contributed by atoms with Gasteiger partial charge in [0.2, 0.25) is 11.1 Å². The number of pyridine rings is 2. The number of nitrogens with one attached hydrogen (secondary N) is 3. The van der Waals surface area contributed by atoms with Gasteiger partial charge in [-0.2, -0.15) is 4.57 Å². The van der Waals surface area contributed by atoms with Gasteiger partial charge in [0.1, 0.15) is 31.2 Å². The Hall–Kier alpha value is -10.0. The van der Waals surface area contributed by atoms with Crippen molar-refractivity contribution in [1.29, 1.82) is 0 Å². The first-order chi connectivity index (χ1) is 38.8. The first kappa shape index (κ1) is 57.2. The van der Waals surface area contributed by atoms with Crippen LogP contribution in [0.2, 0.25) is 0 Å². The Morgan fingerprint density at radius 3 is 1.68 bits per heavy atom. The second kappa shape index (κ2) is 24.3. The number of nitrogens with zero attached hydrogens (tertiary/aromatic N) is 4. The summed E-state index contributed by atoms with van der Waals surface area (Å²) in [5.74, 6) is -14.7. The summed E-state index contributed by atoms with van der Waals surface area (Å²) >= 11 is 0. The molecule has 3 amide bonds. The van der Waals surface area contributed by atoms with Gasteiger partial charge in [-0.05, 0) is 61.4 Å². The van der Waals surface area contributed by atoms with Crippen LogP contribution in [-0.2, 0) is 35.1 Å². The Balaban J connectivity index is 0.00000425. The number of amides is 3. The number of hydrogen-bond acceptors (Lipinski definition) is 20. The van der Waals surface area contributed by atoms with Gasteiger partial charge < -0.3 is 80.5 Å². The zero-order valence-corrected chi connectivity index (χ0v) is 42.8. The van der Waals surface area contributed by atoms with Gasteiger partial charge in [-0.25, -0.2) is 23.6 Å². The molecule has 2 aromatic heterocycles. The quantitative estimate of drug-likeness (QED) is 0.0352. The zero-order chi connectivity index (χ0) is 58.4. The van der Waals surface area contributed by atoms with Gasteiger partial charge in [0.25, 0.3) is 17.7 Å². The van der Waals surface area contributed by atoms with Crippen molar-refractivity contribution in [3.8, 4) is 40.2 Å². The molecule has 81 heavy (non-hydrogen) atoms. The van der Waals surface area contributed by atoms with Gasteiger partial charge in [0.15, 0.2) is 70.6 Å². The average Bonchev–Trinajstić information content (AvgIpc) is 4.52. The van der Waals surface area contributed by atoms with Crippen molar-refractivity contribution in [1.82, 2.24) is 25.4 Å². The van der Waals surface area contributed by atoms with E-state index in [0.29, 0.717) is 43.8 Å². The number of carboxylic acid groups (broad SMARTS) is 1. The van der Waals surface area contributed by atoms with E-state index in [4.69, 9.17) is 19.3 Å². The van der Waals surface area contributed by atoms with Crippen LogP contribution < -0.4 is 30.8 Å². The number of cyclic esters (lactones) is 3. The number of aromatic carboxylic acids is 1. The Morgan fingerprint density at radius 1 is 0.642 bits per heavy atom. The smallest absolute Gasteiger partial charge is 0.341 e. The molecule has 11 N–H and O–H groups in total. The van der Waals surface area contributed by atoms with Crippen LogP contribution in [0.25, 0.3) is 16.6 Å². The Bertz CT molecular complexity index is 3480. The number of phenols is 6. The summed E-state index contributed by atoms with van der Waals surface area (Å²) in [7, 11) is 1.00. The van der Waals surface area contributed by atoms with E-state index in [0.717, 1.165) is 56.3 Å². The molecule has 3 unspecified atom stereocenters. The van der Waals surface area contributed by atoms with Crippen molar-refractivity contribution in [2.24, 2.45) is 0 Å². The Kier molecular flexibility index (Phi) is 17.2. The van der Waals surface area contributed by atoms with Gasteiger partial charge in [-0.3, -0.25) is 24.1 Å². The third-order valence-electron chi connectivity index (χ3n) is 13.4.